The number of amides is 1. The van der Waals surface area contributed by atoms with Crippen LogP contribution in [-0.2, 0) is 11.3 Å². The quantitative estimate of drug-likeness (QED) is 0.792. The predicted octanol–water partition coefficient (Wildman–Crippen LogP) is 1.03. The number of fused-ring (bicyclic) bond motifs is 1. The van der Waals surface area contributed by atoms with Gasteiger partial charge in [0.1, 0.15) is 5.56 Å². The maximum atomic E-state index is 12.1. The number of carbonyl (C=O) groups is 2. The number of ether oxygens (including phenoxy) is 1. The normalized spacial score (nSPS) is 16.8. The number of hydrogen-bond acceptors (Lipinski definition) is 5. The predicted molar refractivity (Wildman–Crippen MR) is 79.1 cm³/mol. The van der Waals surface area contributed by atoms with E-state index < -0.39 is 23.1 Å². The van der Waals surface area contributed by atoms with E-state index in [2.05, 4.69) is 12.2 Å². The zero-order valence-electron chi connectivity index (χ0n) is 12.7. The standard InChI is InChI=1S/C15H20N2O5/c1-3-5-6-9-7-17-8-10(15(21)22-4-2)12(18)13(19)11(17)14(20)16-9/h8-9,19H,3-7H2,1-2H3,(H,16,20)/t9-/m1/s1. The minimum absolute atomic E-state index is 0.0862. The van der Waals surface area contributed by atoms with E-state index in [-0.39, 0.29) is 23.9 Å². The minimum Gasteiger partial charge on any atom is -0.503 e. The fraction of sp³-hybridized carbons (Fsp3) is 0.533. The van der Waals surface area contributed by atoms with Crippen LogP contribution in [0.15, 0.2) is 11.0 Å². The third-order valence-electron chi connectivity index (χ3n) is 3.63. The van der Waals surface area contributed by atoms with Crippen LogP contribution >= 0.6 is 0 Å². The van der Waals surface area contributed by atoms with Gasteiger partial charge >= 0.3 is 5.97 Å². The molecule has 1 aromatic heterocycles. The highest BCUT2D eigenvalue weighted by molar-refractivity contribution is 5.97. The summed E-state index contributed by atoms with van der Waals surface area (Å²) in [6.45, 7) is 4.21. The number of carbonyl (C=O) groups excluding carboxylic acids is 2. The highest BCUT2D eigenvalue weighted by Gasteiger charge is 2.30. The van der Waals surface area contributed by atoms with Gasteiger partial charge < -0.3 is 19.7 Å². The molecular weight excluding hydrogens is 288 g/mol. The first kappa shape index (κ1) is 16.1. The molecule has 0 radical (unpaired) electrons. The van der Waals surface area contributed by atoms with E-state index in [9.17, 15) is 19.5 Å². The first-order chi connectivity index (χ1) is 10.5. The molecule has 0 aliphatic carbocycles. The van der Waals surface area contributed by atoms with Crippen LogP contribution in [0.4, 0.5) is 0 Å². The maximum Gasteiger partial charge on any atom is 0.343 e. The Labute approximate surface area is 127 Å². The Bertz CT molecular complexity index is 650. The van der Waals surface area contributed by atoms with E-state index in [0.717, 1.165) is 19.3 Å². The molecule has 120 valence electrons. The second kappa shape index (κ2) is 6.64. The van der Waals surface area contributed by atoms with Crippen LogP contribution in [0.2, 0.25) is 0 Å². The van der Waals surface area contributed by atoms with Crippen LogP contribution in [0.3, 0.4) is 0 Å². The average molecular weight is 308 g/mol. The van der Waals surface area contributed by atoms with E-state index in [1.807, 2.05) is 0 Å². The maximum absolute atomic E-state index is 12.1. The number of unbranched alkanes of at least 4 members (excludes halogenated alkanes) is 1. The van der Waals surface area contributed by atoms with Crippen molar-refractivity contribution in [3.8, 4) is 5.75 Å². The van der Waals surface area contributed by atoms with Crippen molar-refractivity contribution in [1.29, 1.82) is 0 Å². The van der Waals surface area contributed by atoms with Gasteiger partial charge in [0.2, 0.25) is 5.43 Å². The van der Waals surface area contributed by atoms with Crippen molar-refractivity contribution in [2.75, 3.05) is 6.61 Å². The molecule has 2 rings (SSSR count). The highest BCUT2D eigenvalue weighted by atomic mass is 16.5. The van der Waals surface area contributed by atoms with Gasteiger partial charge in [-0.1, -0.05) is 19.8 Å². The van der Waals surface area contributed by atoms with Crippen molar-refractivity contribution >= 4 is 11.9 Å². The van der Waals surface area contributed by atoms with Gasteiger partial charge in [0.25, 0.3) is 5.91 Å². The Balaban J connectivity index is 2.42. The van der Waals surface area contributed by atoms with E-state index in [1.54, 1.807) is 6.92 Å². The summed E-state index contributed by atoms with van der Waals surface area (Å²) in [6, 6.07) is -0.0862. The fourth-order valence-corrected chi connectivity index (χ4v) is 2.54. The molecule has 0 fully saturated rings. The molecule has 1 atom stereocenters. The van der Waals surface area contributed by atoms with E-state index in [4.69, 9.17) is 4.74 Å². The van der Waals surface area contributed by atoms with Gasteiger partial charge in [-0.2, -0.15) is 0 Å². The van der Waals surface area contributed by atoms with Gasteiger partial charge in [0.05, 0.1) is 6.61 Å². The van der Waals surface area contributed by atoms with Crippen molar-refractivity contribution in [1.82, 2.24) is 9.88 Å². The summed E-state index contributed by atoms with van der Waals surface area (Å²) in [5.74, 6) is -2.01. The summed E-state index contributed by atoms with van der Waals surface area (Å²) in [6.07, 6.45) is 4.05. The molecule has 0 aromatic carbocycles. The third-order valence-corrected chi connectivity index (χ3v) is 3.63. The van der Waals surface area contributed by atoms with Gasteiger partial charge in [-0.3, -0.25) is 9.59 Å². The molecule has 0 unspecified atom stereocenters. The molecule has 0 saturated heterocycles. The van der Waals surface area contributed by atoms with E-state index in [1.165, 1.54) is 10.8 Å². The fourth-order valence-electron chi connectivity index (χ4n) is 2.54. The van der Waals surface area contributed by atoms with E-state index in [0.29, 0.717) is 6.54 Å². The zero-order chi connectivity index (χ0) is 16.3. The number of aromatic nitrogens is 1. The largest absolute Gasteiger partial charge is 0.503 e. The lowest BCUT2D eigenvalue weighted by molar-refractivity contribution is 0.0521. The number of pyridine rings is 1. The molecule has 1 aromatic rings. The first-order valence-electron chi connectivity index (χ1n) is 7.43. The molecule has 1 aliphatic heterocycles. The Morgan fingerprint density at radius 3 is 2.82 bits per heavy atom. The van der Waals surface area contributed by atoms with Crippen LogP contribution < -0.4 is 10.7 Å². The summed E-state index contributed by atoms with van der Waals surface area (Å²) in [5.41, 5.74) is -1.25. The Hall–Kier alpha value is -2.31. The number of rotatable bonds is 5. The zero-order valence-corrected chi connectivity index (χ0v) is 12.7. The summed E-state index contributed by atoms with van der Waals surface area (Å²) in [4.78, 5) is 35.9. The second-order valence-corrected chi connectivity index (χ2v) is 5.25. The van der Waals surface area contributed by atoms with Gasteiger partial charge in [0.15, 0.2) is 11.4 Å². The van der Waals surface area contributed by atoms with Crippen LogP contribution in [0.5, 0.6) is 5.75 Å². The van der Waals surface area contributed by atoms with Crippen molar-refractivity contribution in [3.63, 3.8) is 0 Å². The smallest absolute Gasteiger partial charge is 0.343 e. The van der Waals surface area contributed by atoms with Gasteiger partial charge in [-0.15, -0.1) is 0 Å². The number of nitrogens with one attached hydrogen (secondary N) is 1. The Morgan fingerprint density at radius 1 is 1.45 bits per heavy atom. The molecule has 1 amide bonds. The van der Waals surface area contributed by atoms with Gasteiger partial charge in [0, 0.05) is 18.8 Å². The lowest BCUT2D eigenvalue weighted by atomic mass is 10.1. The Kier molecular flexibility index (Phi) is 4.85. The van der Waals surface area contributed by atoms with Crippen molar-refractivity contribution < 1.29 is 19.4 Å². The highest BCUT2D eigenvalue weighted by Crippen LogP contribution is 2.20. The van der Waals surface area contributed by atoms with Crippen LogP contribution in [0, 0.1) is 0 Å². The van der Waals surface area contributed by atoms with Crippen LogP contribution in [0.1, 0.15) is 54.0 Å². The lowest BCUT2D eigenvalue weighted by Crippen LogP contribution is -2.45. The SMILES string of the molecule is CCCC[C@@H]1Cn2cc(C(=O)OCC)c(=O)c(O)c2C(=O)N1. The molecule has 0 spiro atoms. The average Bonchev–Trinajstić information content (AvgIpc) is 2.48. The summed E-state index contributed by atoms with van der Waals surface area (Å²) >= 11 is 0. The second-order valence-electron chi connectivity index (χ2n) is 5.25. The number of aromatic hydroxyl groups is 1. The van der Waals surface area contributed by atoms with Crippen LogP contribution in [-0.4, -0.2) is 34.2 Å². The summed E-state index contributed by atoms with van der Waals surface area (Å²) in [7, 11) is 0. The van der Waals surface area contributed by atoms with Gasteiger partial charge in [-0.25, -0.2) is 4.79 Å². The molecule has 7 nitrogen and oxygen atoms in total. The molecule has 0 saturated carbocycles. The molecule has 1 aliphatic rings. The molecule has 22 heavy (non-hydrogen) atoms. The third kappa shape index (κ3) is 2.98. The van der Waals surface area contributed by atoms with E-state index >= 15 is 0 Å². The molecule has 7 heteroatoms. The van der Waals surface area contributed by atoms with Crippen molar-refractivity contribution in [2.45, 2.75) is 45.7 Å². The monoisotopic (exact) mass is 308 g/mol. The lowest BCUT2D eigenvalue weighted by Gasteiger charge is -2.28. The minimum atomic E-state index is -0.883. The van der Waals surface area contributed by atoms with Crippen molar-refractivity contribution in [3.05, 3.63) is 27.7 Å². The van der Waals surface area contributed by atoms with Crippen LogP contribution in [0.25, 0.3) is 0 Å². The summed E-state index contributed by atoms with van der Waals surface area (Å²) in [5, 5.41) is 12.7. The number of hydrogen-bond donors (Lipinski definition) is 2. The molecule has 2 N–H and O–H groups in total. The molecular formula is C15H20N2O5. The van der Waals surface area contributed by atoms with Crippen molar-refractivity contribution in [2.24, 2.45) is 0 Å². The Morgan fingerprint density at radius 2 is 2.18 bits per heavy atom. The molecule has 0 bridgehead atoms. The first-order valence-corrected chi connectivity index (χ1v) is 7.43. The number of esters is 1. The summed E-state index contributed by atoms with van der Waals surface area (Å²) < 4.78 is 6.27. The topological polar surface area (TPSA) is 97.6 Å². The number of nitrogens with zero attached hydrogens (tertiary/aromatic N) is 1. The molecule has 2 heterocycles. The van der Waals surface area contributed by atoms with Gasteiger partial charge in [-0.05, 0) is 13.3 Å².